The van der Waals surface area contributed by atoms with E-state index in [1.165, 1.54) is 6.07 Å². The first-order valence-corrected chi connectivity index (χ1v) is 6.44. The lowest BCUT2D eigenvalue weighted by Gasteiger charge is -2.12. The lowest BCUT2D eigenvalue weighted by Crippen LogP contribution is -2.28. The van der Waals surface area contributed by atoms with Gasteiger partial charge in [-0.3, -0.25) is 9.63 Å². The van der Waals surface area contributed by atoms with Crippen molar-refractivity contribution in [1.82, 2.24) is 5.48 Å². The van der Waals surface area contributed by atoms with Crippen LogP contribution in [-0.2, 0) is 4.84 Å². The quantitative estimate of drug-likeness (QED) is 0.681. The van der Waals surface area contributed by atoms with Crippen LogP contribution in [0.2, 0.25) is 10.0 Å². The molecule has 6 heteroatoms. The fraction of sp³-hybridized carbons (Fsp3) is 0.417. The average molecular weight is 292 g/mol. The predicted molar refractivity (Wildman–Crippen MR) is 67.2 cm³/mol. The molecule has 1 amide bonds. The molecular weight excluding hydrogens is 280 g/mol. The van der Waals surface area contributed by atoms with Crippen molar-refractivity contribution in [3.8, 4) is 0 Å². The molecule has 1 saturated carbocycles. The molecule has 2 rings (SSSR count). The topological polar surface area (TPSA) is 38.3 Å². The number of rotatable bonds is 3. The number of hydroxylamine groups is 1. The maximum atomic E-state index is 13.2. The van der Waals surface area contributed by atoms with Crippen LogP contribution in [0.25, 0.3) is 0 Å². The molecule has 0 radical (unpaired) electrons. The van der Waals surface area contributed by atoms with Crippen molar-refractivity contribution < 1.29 is 14.0 Å². The van der Waals surface area contributed by atoms with E-state index < -0.39 is 11.7 Å². The molecule has 0 spiro atoms. The molecule has 3 nitrogen and oxygen atoms in total. The Labute approximate surface area is 114 Å². The highest BCUT2D eigenvalue weighted by Gasteiger charge is 2.19. The van der Waals surface area contributed by atoms with Crippen molar-refractivity contribution in [3.05, 3.63) is 33.6 Å². The summed E-state index contributed by atoms with van der Waals surface area (Å²) in [5.74, 6) is -1.26. The molecule has 1 aromatic rings. The average Bonchev–Trinajstić information content (AvgIpc) is 2.84. The third-order valence-electron chi connectivity index (χ3n) is 2.88. The van der Waals surface area contributed by atoms with Gasteiger partial charge in [-0.05, 0) is 25.0 Å². The van der Waals surface area contributed by atoms with Gasteiger partial charge in [-0.25, -0.2) is 9.87 Å². The van der Waals surface area contributed by atoms with Crippen LogP contribution in [-0.4, -0.2) is 12.0 Å². The Kier molecular flexibility index (Phi) is 4.43. The van der Waals surface area contributed by atoms with Crippen LogP contribution in [0.1, 0.15) is 36.0 Å². The molecule has 0 unspecified atom stereocenters. The number of amides is 1. The second kappa shape index (κ2) is 5.87. The van der Waals surface area contributed by atoms with Crippen LogP contribution in [0.15, 0.2) is 12.1 Å². The predicted octanol–water partition coefficient (Wildman–Crippen LogP) is 3.74. The van der Waals surface area contributed by atoms with Gasteiger partial charge >= 0.3 is 0 Å². The number of halogens is 3. The zero-order chi connectivity index (χ0) is 13.1. The monoisotopic (exact) mass is 291 g/mol. The van der Waals surface area contributed by atoms with Gasteiger partial charge in [0.2, 0.25) is 0 Å². The zero-order valence-electron chi connectivity index (χ0n) is 9.51. The Morgan fingerprint density at radius 1 is 1.28 bits per heavy atom. The van der Waals surface area contributed by atoms with Crippen molar-refractivity contribution in [2.45, 2.75) is 31.8 Å². The molecule has 18 heavy (non-hydrogen) atoms. The largest absolute Gasteiger partial charge is 0.276 e. The summed E-state index contributed by atoms with van der Waals surface area (Å²) in [6, 6.07) is 2.20. The Morgan fingerprint density at radius 2 is 1.94 bits per heavy atom. The van der Waals surface area contributed by atoms with Crippen molar-refractivity contribution in [3.63, 3.8) is 0 Å². The normalized spacial score (nSPS) is 15.9. The first-order valence-electron chi connectivity index (χ1n) is 5.68. The number of hydrogen-bond donors (Lipinski definition) is 1. The van der Waals surface area contributed by atoms with Gasteiger partial charge < -0.3 is 0 Å². The number of nitrogens with one attached hydrogen (secondary N) is 1. The first-order chi connectivity index (χ1) is 8.58. The second-order valence-electron chi connectivity index (χ2n) is 4.20. The molecule has 0 aliphatic heterocycles. The molecule has 0 atom stereocenters. The SMILES string of the molecule is O=C(NOC1CCCC1)c1cc(F)c(Cl)cc1Cl. The van der Waals surface area contributed by atoms with Crippen molar-refractivity contribution in [2.75, 3.05) is 0 Å². The van der Waals surface area contributed by atoms with Gasteiger partial charge in [0.1, 0.15) is 5.82 Å². The molecule has 0 saturated heterocycles. The van der Waals surface area contributed by atoms with E-state index in [4.69, 9.17) is 28.0 Å². The maximum Gasteiger partial charge on any atom is 0.276 e. The highest BCUT2D eigenvalue weighted by molar-refractivity contribution is 6.36. The summed E-state index contributed by atoms with van der Waals surface area (Å²) >= 11 is 11.4. The molecule has 0 heterocycles. The van der Waals surface area contributed by atoms with Gasteiger partial charge in [0, 0.05) is 0 Å². The minimum atomic E-state index is -0.688. The maximum absolute atomic E-state index is 13.2. The van der Waals surface area contributed by atoms with Crippen LogP contribution < -0.4 is 5.48 Å². The third kappa shape index (κ3) is 3.13. The minimum Gasteiger partial charge on any atom is -0.270 e. The Bertz CT molecular complexity index is 462. The van der Waals surface area contributed by atoms with E-state index in [0.29, 0.717) is 0 Å². The summed E-state index contributed by atoms with van der Waals surface area (Å²) in [7, 11) is 0. The molecule has 1 aromatic carbocycles. The Hall–Kier alpha value is -0.840. The fourth-order valence-corrected chi connectivity index (χ4v) is 2.36. The summed E-state index contributed by atoms with van der Waals surface area (Å²) in [6.07, 6.45) is 4.06. The number of benzene rings is 1. The molecule has 1 aliphatic carbocycles. The van der Waals surface area contributed by atoms with Crippen LogP contribution in [0.5, 0.6) is 0 Å². The van der Waals surface area contributed by atoms with Crippen LogP contribution in [0.3, 0.4) is 0 Å². The third-order valence-corrected chi connectivity index (χ3v) is 3.48. The van der Waals surface area contributed by atoms with Crippen molar-refractivity contribution in [1.29, 1.82) is 0 Å². The van der Waals surface area contributed by atoms with E-state index in [0.717, 1.165) is 31.7 Å². The number of hydrogen-bond acceptors (Lipinski definition) is 2. The van der Waals surface area contributed by atoms with Crippen LogP contribution in [0.4, 0.5) is 4.39 Å². The lowest BCUT2D eigenvalue weighted by molar-refractivity contribution is -0.0125. The summed E-state index contributed by atoms with van der Waals surface area (Å²) in [5, 5.41) is -0.0258. The van der Waals surface area contributed by atoms with Crippen molar-refractivity contribution >= 4 is 29.1 Å². The minimum absolute atomic E-state index is 0.0107. The highest BCUT2D eigenvalue weighted by atomic mass is 35.5. The molecule has 98 valence electrons. The highest BCUT2D eigenvalue weighted by Crippen LogP contribution is 2.25. The first kappa shape index (κ1) is 13.6. The standard InChI is InChI=1S/C12H12Cl2FNO2/c13-9-6-10(14)11(15)5-8(9)12(17)16-18-7-3-1-2-4-7/h5-7H,1-4H2,(H,16,17). The summed E-state index contributed by atoms with van der Waals surface area (Å²) in [4.78, 5) is 17.0. The Balaban J connectivity index is 2.01. The van der Waals surface area contributed by atoms with Crippen LogP contribution in [0, 0.1) is 5.82 Å². The van der Waals surface area contributed by atoms with E-state index in [2.05, 4.69) is 5.48 Å². The number of carbonyl (C=O) groups is 1. The van der Waals surface area contributed by atoms with E-state index in [9.17, 15) is 9.18 Å². The summed E-state index contributed by atoms with van der Waals surface area (Å²) in [5.41, 5.74) is 2.31. The summed E-state index contributed by atoms with van der Waals surface area (Å²) in [6.45, 7) is 0. The zero-order valence-corrected chi connectivity index (χ0v) is 11.0. The van der Waals surface area contributed by atoms with E-state index >= 15 is 0 Å². The summed E-state index contributed by atoms with van der Waals surface area (Å²) < 4.78 is 13.2. The lowest BCUT2D eigenvalue weighted by atomic mass is 10.2. The second-order valence-corrected chi connectivity index (χ2v) is 5.02. The molecule has 1 aliphatic rings. The van der Waals surface area contributed by atoms with Gasteiger partial charge in [-0.2, -0.15) is 0 Å². The molecule has 0 aromatic heterocycles. The molecule has 1 fully saturated rings. The fourth-order valence-electron chi connectivity index (χ4n) is 1.89. The molecule has 1 N–H and O–H groups in total. The smallest absolute Gasteiger partial charge is 0.270 e. The van der Waals surface area contributed by atoms with Gasteiger partial charge in [-0.1, -0.05) is 36.0 Å². The Morgan fingerprint density at radius 3 is 2.61 bits per heavy atom. The molecule has 0 bridgehead atoms. The van der Waals surface area contributed by atoms with E-state index in [1.54, 1.807) is 0 Å². The van der Waals surface area contributed by atoms with Gasteiger partial charge in [0.15, 0.2) is 0 Å². The van der Waals surface area contributed by atoms with E-state index in [-0.39, 0.29) is 21.7 Å². The van der Waals surface area contributed by atoms with Crippen molar-refractivity contribution in [2.24, 2.45) is 0 Å². The van der Waals surface area contributed by atoms with Gasteiger partial charge in [-0.15, -0.1) is 0 Å². The van der Waals surface area contributed by atoms with Gasteiger partial charge in [0.05, 0.1) is 21.7 Å². The van der Waals surface area contributed by atoms with Crippen LogP contribution >= 0.6 is 23.2 Å². The van der Waals surface area contributed by atoms with E-state index in [1.807, 2.05) is 0 Å². The number of carbonyl (C=O) groups excluding carboxylic acids is 1. The van der Waals surface area contributed by atoms with Gasteiger partial charge in [0.25, 0.3) is 5.91 Å². The molecular formula is C12H12Cl2FNO2.